The van der Waals surface area contributed by atoms with Crippen molar-refractivity contribution in [2.45, 2.75) is 74.5 Å². The van der Waals surface area contributed by atoms with Crippen LogP contribution < -0.4 is 33.5 Å². The highest BCUT2D eigenvalue weighted by Gasteiger charge is 2.77. The number of ether oxygens (including phenoxy) is 3. The maximum Gasteiger partial charge on any atom is 0.174 e. The molecule has 1 spiro atoms. The fourth-order valence-corrected chi connectivity index (χ4v) is 8.53. The molecule has 1 saturated heterocycles. The summed E-state index contributed by atoms with van der Waals surface area (Å²) in [6, 6.07) is 15.3. The van der Waals surface area contributed by atoms with Gasteiger partial charge >= 0.3 is 0 Å². The Morgan fingerprint density at radius 2 is 1.92 bits per heavy atom. The van der Waals surface area contributed by atoms with Crippen LogP contribution in [-0.2, 0) is 27.8 Å². The van der Waals surface area contributed by atoms with Gasteiger partial charge in [0, 0.05) is 37.4 Å². The zero-order valence-electron chi connectivity index (χ0n) is 22.0. The lowest BCUT2D eigenvalue weighted by atomic mass is 9.48. The summed E-state index contributed by atoms with van der Waals surface area (Å²) in [5.41, 5.74) is 3.15. The summed E-state index contributed by atoms with van der Waals surface area (Å²) in [6.07, 6.45) is 7.53. The highest BCUT2D eigenvalue weighted by molar-refractivity contribution is 5.90. The van der Waals surface area contributed by atoms with Gasteiger partial charge in [0.2, 0.25) is 0 Å². The van der Waals surface area contributed by atoms with Gasteiger partial charge in [-0.25, -0.2) is 0 Å². The van der Waals surface area contributed by atoms with Gasteiger partial charge in [-0.05, 0) is 49.3 Å². The number of halogens is 1. The number of methoxy groups -OCH3 is 1. The summed E-state index contributed by atoms with van der Waals surface area (Å²) >= 11 is 0. The molecule has 5 atom stereocenters. The third-order valence-corrected chi connectivity index (χ3v) is 10.3. The largest absolute Gasteiger partial charge is 1.00 e. The fraction of sp³-hybridized carbons (Fsp3) is 0.581. The van der Waals surface area contributed by atoms with Gasteiger partial charge in [0.15, 0.2) is 23.4 Å². The molecule has 5 aliphatic rings. The quantitative estimate of drug-likeness (QED) is 0.258. The molecular formula is C31H38INO4. The van der Waals surface area contributed by atoms with E-state index in [-0.39, 0.29) is 35.4 Å². The van der Waals surface area contributed by atoms with Gasteiger partial charge in [-0.1, -0.05) is 36.4 Å². The van der Waals surface area contributed by atoms with E-state index in [1.807, 2.05) is 6.07 Å². The first kappa shape index (κ1) is 25.6. The van der Waals surface area contributed by atoms with Crippen LogP contribution in [0.3, 0.4) is 0 Å². The molecule has 0 N–H and O–H groups in total. The molecule has 198 valence electrons. The predicted octanol–water partition coefficient (Wildman–Crippen LogP) is 1.63. The first-order chi connectivity index (χ1) is 17.5. The van der Waals surface area contributed by atoms with Gasteiger partial charge in [-0.3, -0.25) is 4.79 Å². The number of carbonyl (C=O) groups is 1. The maximum absolute atomic E-state index is 13.5. The van der Waals surface area contributed by atoms with Crippen LogP contribution >= 0.6 is 0 Å². The molecule has 6 heteroatoms. The Hall–Kier alpha value is -1.64. The zero-order valence-corrected chi connectivity index (χ0v) is 24.2. The Bertz CT molecular complexity index is 1200. The van der Waals surface area contributed by atoms with E-state index in [9.17, 15) is 4.79 Å². The van der Waals surface area contributed by atoms with Crippen molar-refractivity contribution in [2.24, 2.45) is 5.92 Å². The van der Waals surface area contributed by atoms with E-state index < -0.39 is 11.5 Å². The van der Waals surface area contributed by atoms with Gasteiger partial charge in [0.05, 0.1) is 32.7 Å². The SMILES string of the molecule is COc1ccc2c3c1O[C@H]1C(=O)CC[C@@]4(OCCCc5ccccc5)[C@@H](C2)[N@@+](C)(CC2CC2)CC[C@]314.[I-]. The van der Waals surface area contributed by atoms with Gasteiger partial charge in [0.1, 0.15) is 11.6 Å². The van der Waals surface area contributed by atoms with E-state index in [0.717, 1.165) is 60.5 Å². The number of Topliss-reactive ketones (excluding diaryl/α,β-unsaturated/α-hetero) is 1. The number of quaternary nitrogens is 1. The van der Waals surface area contributed by atoms with Gasteiger partial charge in [-0.2, -0.15) is 0 Å². The summed E-state index contributed by atoms with van der Waals surface area (Å²) in [4.78, 5) is 13.5. The third kappa shape index (κ3) is 3.64. The van der Waals surface area contributed by atoms with E-state index in [0.29, 0.717) is 19.1 Å². The van der Waals surface area contributed by atoms with Crippen LogP contribution in [0.5, 0.6) is 11.5 Å². The summed E-state index contributed by atoms with van der Waals surface area (Å²) in [6.45, 7) is 3.03. The smallest absolute Gasteiger partial charge is 0.174 e. The van der Waals surface area contributed by atoms with Crippen LogP contribution in [0.4, 0.5) is 0 Å². The lowest BCUT2D eigenvalue weighted by molar-refractivity contribution is -0.950. The van der Waals surface area contributed by atoms with Gasteiger partial charge in [-0.15, -0.1) is 0 Å². The third-order valence-electron chi connectivity index (χ3n) is 10.3. The summed E-state index contributed by atoms with van der Waals surface area (Å²) in [7, 11) is 4.17. The van der Waals surface area contributed by atoms with Crippen molar-refractivity contribution in [3.63, 3.8) is 0 Å². The number of benzene rings is 2. The van der Waals surface area contributed by atoms with E-state index >= 15 is 0 Å². The second kappa shape index (κ2) is 9.23. The summed E-state index contributed by atoms with van der Waals surface area (Å²) in [5.74, 6) is 2.64. The second-order valence-electron chi connectivity index (χ2n) is 12.2. The zero-order chi connectivity index (χ0) is 24.5. The van der Waals surface area contributed by atoms with E-state index in [2.05, 4.69) is 43.4 Å². The minimum absolute atomic E-state index is 0. The molecule has 7 rings (SSSR count). The average molecular weight is 616 g/mol. The number of piperidine rings is 1. The lowest BCUT2D eigenvalue weighted by Crippen LogP contribution is -3.00. The maximum atomic E-state index is 13.5. The van der Waals surface area contributed by atoms with Crippen LogP contribution in [0.15, 0.2) is 42.5 Å². The molecule has 3 aliphatic carbocycles. The standard InChI is InChI=1S/C31H38NO4.HI/c1-32(20-22-10-11-22)17-16-30-27-23-12-13-25(34-2)28(27)36-29(30)24(33)14-15-31(30,26(32)19-23)35-18-6-9-21-7-4-3-5-8-21;/h3-5,7-8,12-13,22,26,29H,6,9-11,14-20H2,1-2H3;1H/q+1;/p-1/t26-,29+,30+,31-,32-;/m1./s1. The Kier molecular flexibility index (Phi) is 6.39. The van der Waals surface area contributed by atoms with E-state index in [4.69, 9.17) is 14.2 Å². The Balaban J connectivity index is 0.00000252. The average Bonchev–Trinajstić information content (AvgIpc) is 3.63. The molecule has 2 aromatic carbocycles. The van der Waals surface area contributed by atoms with Crippen LogP contribution in [0.1, 0.15) is 55.2 Å². The highest BCUT2D eigenvalue weighted by Crippen LogP contribution is 2.67. The molecule has 0 unspecified atom stereocenters. The molecule has 0 radical (unpaired) electrons. The second-order valence-corrected chi connectivity index (χ2v) is 12.2. The number of ketones is 1. The normalized spacial score (nSPS) is 34.8. The number of carbonyl (C=O) groups excluding carboxylic acids is 1. The monoisotopic (exact) mass is 615 g/mol. The number of hydrogen-bond donors (Lipinski definition) is 0. The number of hydrogen-bond acceptors (Lipinski definition) is 4. The summed E-state index contributed by atoms with van der Waals surface area (Å²) < 4.78 is 20.7. The van der Waals surface area contributed by atoms with Crippen LogP contribution in [0.25, 0.3) is 0 Å². The number of likely N-dealkylation sites (tertiary alicyclic amines) is 1. The number of likely N-dealkylation sites (N-methyl/N-ethyl adjacent to an activating group) is 1. The van der Waals surface area contributed by atoms with Crippen LogP contribution in [0.2, 0.25) is 0 Å². The number of nitrogens with zero attached hydrogens (tertiary/aromatic N) is 1. The molecule has 0 aromatic heterocycles. The van der Waals surface area contributed by atoms with Crippen molar-refractivity contribution >= 4 is 5.78 Å². The topological polar surface area (TPSA) is 44.8 Å². The van der Waals surface area contributed by atoms with Crippen molar-refractivity contribution in [3.05, 3.63) is 59.2 Å². The summed E-state index contributed by atoms with van der Waals surface area (Å²) in [5, 5.41) is 0. The Morgan fingerprint density at radius 3 is 2.68 bits per heavy atom. The van der Waals surface area contributed by atoms with E-state index in [1.54, 1.807) is 7.11 Å². The van der Waals surface area contributed by atoms with Crippen LogP contribution in [0, 0.1) is 5.92 Å². The molecular weight excluding hydrogens is 577 g/mol. The van der Waals surface area contributed by atoms with Gasteiger partial charge < -0.3 is 42.7 Å². The van der Waals surface area contributed by atoms with Crippen LogP contribution in [-0.4, -0.2) is 61.9 Å². The predicted molar refractivity (Wildman–Crippen MR) is 138 cm³/mol. The molecule has 2 aromatic rings. The molecule has 2 aliphatic heterocycles. The van der Waals surface area contributed by atoms with Crippen molar-refractivity contribution in [1.29, 1.82) is 0 Å². The molecule has 2 heterocycles. The minimum atomic E-state index is -0.456. The molecule has 3 fully saturated rings. The fourth-order valence-electron chi connectivity index (χ4n) is 8.53. The van der Waals surface area contributed by atoms with Crippen molar-refractivity contribution < 1.29 is 47.5 Å². The Labute approximate surface area is 237 Å². The number of aryl methyl sites for hydroxylation is 1. The molecule has 0 amide bonds. The van der Waals surface area contributed by atoms with E-state index in [1.165, 1.54) is 36.1 Å². The number of rotatable bonds is 8. The minimum Gasteiger partial charge on any atom is -1.00 e. The highest BCUT2D eigenvalue weighted by atomic mass is 127. The molecule has 2 saturated carbocycles. The lowest BCUT2D eigenvalue weighted by Gasteiger charge is -2.66. The van der Waals surface area contributed by atoms with Crippen molar-refractivity contribution in [2.75, 3.05) is 33.9 Å². The van der Waals surface area contributed by atoms with Crippen molar-refractivity contribution in [3.8, 4) is 11.5 Å². The Morgan fingerprint density at radius 1 is 1.11 bits per heavy atom. The molecule has 37 heavy (non-hydrogen) atoms. The van der Waals surface area contributed by atoms with Crippen molar-refractivity contribution in [1.82, 2.24) is 0 Å². The molecule has 2 bridgehead atoms. The molecule has 5 nitrogen and oxygen atoms in total. The first-order valence-corrected chi connectivity index (χ1v) is 13.9. The van der Waals surface area contributed by atoms with Gasteiger partial charge in [0.25, 0.3) is 0 Å². The first-order valence-electron chi connectivity index (χ1n) is 13.9.